The number of carboxylic acids is 1. The average Bonchev–Trinajstić information content (AvgIpc) is 2.56. The number of carboxylic acid groups (broad SMARTS) is 1. The smallest absolute Gasteiger partial charge is 0.323 e. The molecule has 0 saturated carbocycles. The van der Waals surface area contributed by atoms with Gasteiger partial charge in [-0.05, 0) is 0 Å². The molecular weight excluding hydrogens is 258 g/mol. The molecule has 1 rings (SSSR count). The Kier molecular flexibility index (Phi) is 4.71. The third-order valence-corrected chi connectivity index (χ3v) is 3.39. The van der Waals surface area contributed by atoms with Gasteiger partial charge in [-0.2, -0.15) is 0 Å². The number of hydrogen-bond donors (Lipinski definition) is 2. The lowest BCUT2D eigenvalue weighted by molar-refractivity contribution is -0.137. The van der Waals surface area contributed by atoms with Crippen molar-refractivity contribution < 1.29 is 19.5 Å². The minimum Gasteiger partial charge on any atom is -0.480 e. The molecule has 1 saturated heterocycles. The van der Waals surface area contributed by atoms with E-state index in [0.717, 1.165) is 11.8 Å². The quantitative estimate of drug-likeness (QED) is 0.546. The number of likely N-dealkylation sites (tertiary alicyclic amines) is 1. The van der Waals surface area contributed by atoms with E-state index in [-0.39, 0.29) is 41.7 Å². The van der Waals surface area contributed by atoms with Gasteiger partial charge in [-0.15, -0.1) is 0 Å². The van der Waals surface area contributed by atoms with Gasteiger partial charge >= 0.3 is 5.97 Å². The number of thioether (sulfide) groups is 1. The normalized spacial score (nSPS) is 18.9. The molecule has 18 heavy (non-hydrogen) atoms. The summed E-state index contributed by atoms with van der Waals surface area (Å²) in [6, 6.07) is 0. The largest absolute Gasteiger partial charge is 0.480 e. The van der Waals surface area contributed by atoms with Gasteiger partial charge < -0.3 is 10.0 Å². The second kappa shape index (κ2) is 5.85. The summed E-state index contributed by atoms with van der Waals surface area (Å²) in [4.78, 5) is 35.6. The van der Waals surface area contributed by atoms with E-state index in [0.29, 0.717) is 0 Å². The number of likely N-dealkylation sites (N-methyl/N-ethyl adjacent to an activating group) is 1. The fourth-order valence-electron chi connectivity index (χ4n) is 1.68. The SMILES string of the molecule is CC(=O)SC1CC(=O)N(C(=N)N(C)CC(=O)O)C1. The molecule has 0 aliphatic carbocycles. The summed E-state index contributed by atoms with van der Waals surface area (Å²) in [6.45, 7) is 1.36. The van der Waals surface area contributed by atoms with Crippen molar-refractivity contribution >= 4 is 34.7 Å². The Morgan fingerprint density at radius 1 is 1.61 bits per heavy atom. The van der Waals surface area contributed by atoms with Gasteiger partial charge in [-0.1, -0.05) is 11.8 Å². The van der Waals surface area contributed by atoms with E-state index in [2.05, 4.69) is 0 Å². The molecule has 7 nitrogen and oxygen atoms in total. The Bertz CT molecular complexity index is 399. The number of carbonyl (C=O) groups is 3. The summed E-state index contributed by atoms with van der Waals surface area (Å²) in [5.41, 5.74) is 0. The van der Waals surface area contributed by atoms with Crippen LogP contribution in [-0.2, 0) is 14.4 Å². The van der Waals surface area contributed by atoms with Crippen molar-refractivity contribution in [2.75, 3.05) is 20.1 Å². The van der Waals surface area contributed by atoms with Crippen molar-refractivity contribution in [3.8, 4) is 0 Å². The Balaban J connectivity index is 2.61. The molecule has 1 fully saturated rings. The van der Waals surface area contributed by atoms with Crippen LogP contribution in [0.5, 0.6) is 0 Å². The van der Waals surface area contributed by atoms with Crippen LogP contribution in [0.1, 0.15) is 13.3 Å². The molecule has 0 aromatic carbocycles. The van der Waals surface area contributed by atoms with Crippen LogP contribution in [0.4, 0.5) is 0 Å². The highest BCUT2D eigenvalue weighted by Gasteiger charge is 2.34. The highest BCUT2D eigenvalue weighted by atomic mass is 32.2. The van der Waals surface area contributed by atoms with Crippen LogP contribution in [0.3, 0.4) is 0 Å². The first-order valence-corrected chi connectivity index (χ1v) is 6.18. The average molecular weight is 273 g/mol. The Morgan fingerprint density at radius 2 is 2.22 bits per heavy atom. The molecule has 0 radical (unpaired) electrons. The molecule has 0 aromatic rings. The van der Waals surface area contributed by atoms with Crippen molar-refractivity contribution in [2.24, 2.45) is 0 Å². The van der Waals surface area contributed by atoms with E-state index in [1.54, 1.807) is 0 Å². The van der Waals surface area contributed by atoms with Crippen molar-refractivity contribution in [3.63, 3.8) is 0 Å². The monoisotopic (exact) mass is 273 g/mol. The second-order valence-corrected chi connectivity index (χ2v) is 5.49. The number of hydrogen-bond acceptors (Lipinski definition) is 5. The zero-order valence-electron chi connectivity index (χ0n) is 10.2. The van der Waals surface area contributed by atoms with Crippen LogP contribution in [0.25, 0.3) is 0 Å². The number of aliphatic carboxylic acids is 1. The maximum Gasteiger partial charge on any atom is 0.323 e. The molecule has 1 unspecified atom stereocenters. The number of guanidine groups is 1. The maximum atomic E-state index is 11.7. The van der Waals surface area contributed by atoms with Crippen LogP contribution >= 0.6 is 11.8 Å². The van der Waals surface area contributed by atoms with Gasteiger partial charge in [0.2, 0.25) is 11.9 Å². The molecule has 100 valence electrons. The molecule has 1 aliphatic heterocycles. The molecule has 1 heterocycles. The lowest BCUT2D eigenvalue weighted by Crippen LogP contribution is -2.44. The molecular formula is C10H15N3O4S. The number of nitrogens with zero attached hydrogens (tertiary/aromatic N) is 2. The number of rotatable bonds is 3. The molecule has 0 aromatic heterocycles. The first-order valence-electron chi connectivity index (χ1n) is 5.30. The van der Waals surface area contributed by atoms with E-state index in [9.17, 15) is 14.4 Å². The Hall–Kier alpha value is -1.57. The summed E-state index contributed by atoms with van der Waals surface area (Å²) >= 11 is 1.08. The van der Waals surface area contributed by atoms with Gasteiger partial charge in [-0.3, -0.25) is 24.7 Å². The summed E-state index contributed by atoms with van der Waals surface area (Å²) in [6.07, 6.45) is 0.202. The third-order valence-electron chi connectivity index (χ3n) is 2.41. The summed E-state index contributed by atoms with van der Waals surface area (Å²) in [7, 11) is 1.44. The van der Waals surface area contributed by atoms with Crippen molar-refractivity contribution in [2.45, 2.75) is 18.6 Å². The second-order valence-electron chi connectivity index (χ2n) is 4.01. The highest BCUT2D eigenvalue weighted by Crippen LogP contribution is 2.24. The van der Waals surface area contributed by atoms with E-state index >= 15 is 0 Å². The van der Waals surface area contributed by atoms with Gasteiger partial charge in [-0.25, -0.2) is 0 Å². The molecule has 1 amide bonds. The van der Waals surface area contributed by atoms with E-state index in [1.165, 1.54) is 23.8 Å². The Morgan fingerprint density at radius 3 is 2.72 bits per heavy atom. The van der Waals surface area contributed by atoms with Gasteiger partial charge in [0.05, 0.1) is 0 Å². The van der Waals surface area contributed by atoms with E-state index in [4.69, 9.17) is 10.5 Å². The summed E-state index contributed by atoms with van der Waals surface area (Å²) in [5.74, 6) is -1.46. The fraction of sp³-hybridized carbons (Fsp3) is 0.600. The molecule has 2 N–H and O–H groups in total. The minimum atomic E-state index is -1.07. The first kappa shape index (κ1) is 14.5. The number of amides is 1. The summed E-state index contributed by atoms with van der Waals surface area (Å²) < 4.78 is 0. The van der Waals surface area contributed by atoms with Crippen molar-refractivity contribution in [3.05, 3.63) is 0 Å². The molecule has 1 aliphatic rings. The first-order chi connectivity index (χ1) is 8.31. The summed E-state index contributed by atoms with van der Waals surface area (Å²) in [5, 5.41) is 16.2. The van der Waals surface area contributed by atoms with Gasteiger partial charge in [0.1, 0.15) is 6.54 Å². The van der Waals surface area contributed by atoms with Crippen LogP contribution in [0.15, 0.2) is 0 Å². The van der Waals surface area contributed by atoms with E-state index in [1.807, 2.05) is 0 Å². The Labute approximate surface area is 109 Å². The fourth-order valence-corrected chi connectivity index (χ4v) is 2.60. The molecule has 8 heteroatoms. The minimum absolute atomic E-state index is 0.0694. The van der Waals surface area contributed by atoms with Crippen LogP contribution in [0, 0.1) is 5.41 Å². The maximum absolute atomic E-state index is 11.7. The van der Waals surface area contributed by atoms with Crippen molar-refractivity contribution in [1.82, 2.24) is 9.80 Å². The van der Waals surface area contributed by atoms with Crippen LogP contribution in [-0.4, -0.2) is 63.2 Å². The van der Waals surface area contributed by atoms with Crippen molar-refractivity contribution in [1.29, 1.82) is 5.41 Å². The highest BCUT2D eigenvalue weighted by molar-refractivity contribution is 8.14. The predicted molar refractivity (Wildman–Crippen MR) is 66.4 cm³/mol. The number of nitrogens with one attached hydrogen (secondary N) is 1. The van der Waals surface area contributed by atoms with Gasteiger partial charge in [0, 0.05) is 32.2 Å². The van der Waals surface area contributed by atoms with E-state index < -0.39 is 5.97 Å². The number of carbonyl (C=O) groups excluding carboxylic acids is 2. The van der Waals surface area contributed by atoms with Crippen LogP contribution in [0.2, 0.25) is 0 Å². The van der Waals surface area contributed by atoms with Gasteiger partial charge in [0.25, 0.3) is 0 Å². The molecule has 1 atom stereocenters. The lowest BCUT2D eigenvalue weighted by Gasteiger charge is -2.25. The molecule has 0 spiro atoms. The zero-order chi connectivity index (χ0) is 13.9. The van der Waals surface area contributed by atoms with Crippen LogP contribution < -0.4 is 0 Å². The topological polar surface area (TPSA) is 102 Å². The zero-order valence-corrected chi connectivity index (χ0v) is 11.0. The third kappa shape index (κ3) is 3.73. The predicted octanol–water partition coefficient (Wildman–Crippen LogP) is -0.182. The van der Waals surface area contributed by atoms with Gasteiger partial charge in [0.15, 0.2) is 5.12 Å². The lowest BCUT2D eigenvalue weighted by atomic mass is 10.4. The standard InChI is InChI=1S/C10H15N3O4S/c1-6(14)18-7-3-8(15)13(4-7)10(11)12(2)5-9(16)17/h7,11H,3-5H2,1-2H3,(H,16,17). The molecule has 0 bridgehead atoms.